The third kappa shape index (κ3) is 5.48. The molecule has 6 nitrogen and oxygen atoms in total. The Labute approximate surface area is 142 Å². The molecule has 0 radical (unpaired) electrons. The van der Waals surface area contributed by atoms with E-state index in [-0.39, 0.29) is 25.9 Å². The Morgan fingerprint density at radius 3 is 2.24 bits per heavy atom. The molecule has 2 fully saturated rings. The van der Waals surface area contributed by atoms with Gasteiger partial charge in [-0.05, 0) is 12.8 Å². The van der Waals surface area contributed by atoms with Crippen LogP contribution >= 0.6 is 0 Å². The van der Waals surface area contributed by atoms with E-state index in [0.29, 0.717) is 10.6 Å². The van der Waals surface area contributed by atoms with Crippen LogP contribution in [0.3, 0.4) is 0 Å². The summed E-state index contributed by atoms with van der Waals surface area (Å²) in [5.74, 6) is -3.49. The number of rotatable bonds is 4. The molecule has 2 heterocycles. The summed E-state index contributed by atoms with van der Waals surface area (Å²) in [7, 11) is -4.07. The van der Waals surface area contributed by atoms with Gasteiger partial charge in [-0.2, -0.15) is 17.5 Å². The Kier molecular flexibility index (Phi) is 5.65. The van der Waals surface area contributed by atoms with E-state index in [1.807, 2.05) is 0 Å². The second kappa shape index (κ2) is 6.95. The van der Waals surface area contributed by atoms with Gasteiger partial charge in [-0.15, -0.1) is 0 Å². The van der Waals surface area contributed by atoms with Crippen molar-refractivity contribution in [2.45, 2.75) is 43.4 Å². The zero-order valence-corrected chi connectivity index (χ0v) is 14.3. The summed E-state index contributed by atoms with van der Waals surface area (Å²) < 4.78 is 87.9. The fourth-order valence-corrected chi connectivity index (χ4v) is 4.31. The molecule has 1 unspecified atom stereocenters. The summed E-state index contributed by atoms with van der Waals surface area (Å²) >= 11 is 0. The van der Waals surface area contributed by atoms with Crippen molar-refractivity contribution in [1.82, 2.24) is 14.5 Å². The maximum Gasteiger partial charge on any atom is 0.402 e. The highest BCUT2D eigenvalue weighted by atomic mass is 32.2. The molecule has 146 valence electrons. The number of carbonyl (C=O) groups excluding carboxylic acids is 1. The van der Waals surface area contributed by atoms with E-state index in [1.165, 1.54) is 4.90 Å². The minimum absolute atomic E-state index is 0.0249. The fourth-order valence-electron chi connectivity index (χ4n) is 3.18. The average molecular weight is 393 g/mol. The van der Waals surface area contributed by atoms with Gasteiger partial charge in [-0.3, -0.25) is 10.1 Å². The highest BCUT2D eigenvalue weighted by molar-refractivity contribution is 7.88. The number of likely N-dealkylation sites (tertiary alicyclic amines) is 1. The molecule has 2 aliphatic heterocycles. The third-order valence-corrected chi connectivity index (χ3v) is 5.63. The van der Waals surface area contributed by atoms with E-state index in [0.717, 1.165) is 0 Å². The van der Waals surface area contributed by atoms with Gasteiger partial charge in [0.05, 0.1) is 18.8 Å². The number of alkyl halides is 5. The SMILES string of the molecule is CS(=O)(=O)N(CC(F)(F)F)C1CCN(C(=O)C2CC(F)(F)CN2)CC1. The lowest BCUT2D eigenvalue weighted by molar-refractivity contribution is -0.143. The van der Waals surface area contributed by atoms with Crippen LogP contribution in [-0.4, -0.2) is 80.1 Å². The van der Waals surface area contributed by atoms with Crippen molar-refractivity contribution in [2.75, 3.05) is 32.4 Å². The van der Waals surface area contributed by atoms with E-state index in [4.69, 9.17) is 0 Å². The quantitative estimate of drug-likeness (QED) is 0.718. The average Bonchev–Trinajstić information content (AvgIpc) is 2.82. The summed E-state index contributed by atoms with van der Waals surface area (Å²) in [5.41, 5.74) is 0. The molecule has 0 aliphatic carbocycles. The lowest BCUT2D eigenvalue weighted by Crippen LogP contribution is -2.53. The Hall–Kier alpha value is -1.01. The van der Waals surface area contributed by atoms with Crippen molar-refractivity contribution in [3.05, 3.63) is 0 Å². The Balaban J connectivity index is 1.97. The van der Waals surface area contributed by atoms with Gasteiger partial charge >= 0.3 is 6.18 Å². The molecule has 2 saturated heterocycles. The minimum atomic E-state index is -4.67. The number of sulfonamides is 1. The first-order chi connectivity index (χ1) is 11.3. The zero-order chi connectivity index (χ0) is 19.0. The largest absolute Gasteiger partial charge is 0.402 e. The molecule has 0 aromatic carbocycles. The van der Waals surface area contributed by atoms with Gasteiger partial charge in [-0.25, -0.2) is 17.2 Å². The first-order valence-corrected chi connectivity index (χ1v) is 9.57. The number of amides is 1. The van der Waals surface area contributed by atoms with Gasteiger partial charge in [0.15, 0.2) is 0 Å². The highest BCUT2D eigenvalue weighted by Crippen LogP contribution is 2.28. The van der Waals surface area contributed by atoms with Gasteiger partial charge < -0.3 is 4.90 Å². The molecule has 0 saturated carbocycles. The number of halogens is 5. The van der Waals surface area contributed by atoms with Crippen LogP contribution in [0.1, 0.15) is 19.3 Å². The van der Waals surface area contributed by atoms with Crippen LogP contribution in [0.25, 0.3) is 0 Å². The molecule has 1 N–H and O–H groups in total. The van der Waals surface area contributed by atoms with Crippen molar-refractivity contribution in [3.8, 4) is 0 Å². The molecule has 0 aromatic heterocycles. The molecule has 0 aromatic rings. The fraction of sp³-hybridized carbons (Fsp3) is 0.923. The van der Waals surface area contributed by atoms with E-state index >= 15 is 0 Å². The second-order valence-electron chi connectivity index (χ2n) is 6.47. The second-order valence-corrected chi connectivity index (χ2v) is 8.41. The van der Waals surface area contributed by atoms with Crippen molar-refractivity contribution in [1.29, 1.82) is 0 Å². The predicted molar refractivity (Wildman–Crippen MR) is 78.6 cm³/mol. The van der Waals surface area contributed by atoms with Crippen molar-refractivity contribution >= 4 is 15.9 Å². The molecule has 2 aliphatic rings. The van der Waals surface area contributed by atoms with Crippen molar-refractivity contribution < 1.29 is 35.2 Å². The van der Waals surface area contributed by atoms with Crippen LogP contribution in [0.5, 0.6) is 0 Å². The van der Waals surface area contributed by atoms with E-state index in [1.54, 1.807) is 0 Å². The summed E-state index contributed by atoms with van der Waals surface area (Å²) in [5, 5.41) is 2.44. The van der Waals surface area contributed by atoms with Crippen LogP contribution in [0.15, 0.2) is 0 Å². The molecular weight excluding hydrogens is 373 g/mol. The van der Waals surface area contributed by atoms with Crippen molar-refractivity contribution in [2.24, 2.45) is 0 Å². The van der Waals surface area contributed by atoms with Gasteiger partial charge in [-0.1, -0.05) is 0 Å². The van der Waals surface area contributed by atoms with Crippen LogP contribution in [-0.2, 0) is 14.8 Å². The monoisotopic (exact) mass is 393 g/mol. The molecule has 25 heavy (non-hydrogen) atoms. The number of nitrogens with zero attached hydrogens (tertiary/aromatic N) is 2. The normalized spacial score (nSPS) is 25.6. The van der Waals surface area contributed by atoms with Gasteiger partial charge in [0.1, 0.15) is 6.54 Å². The van der Waals surface area contributed by atoms with E-state index in [2.05, 4.69) is 5.32 Å². The van der Waals surface area contributed by atoms with E-state index in [9.17, 15) is 35.2 Å². The third-order valence-electron chi connectivity index (χ3n) is 4.35. The number of nitrogens with one attached hydrogen (secondary N) is 1. The lowest BCUT2D eigenvalue weighted by atomic mass is 10.0. The number of piperidine rings is 1. The zero-order valence-electron chi connectivity index (χ0n) is 13.5. The topological polar surface area (TPSA) is 69.7 Å². The smallest absolute Gasteiger partial charge is 0.341 e. The molecule has 12 heteroatoms. The van der Waals surface area contributed by atoms with Crippen molar-refractivity contribution in [3.63, 3.8) is 0 Å². The lowest BCUT2D eigenvalue weighted by Gasteiger charge is -2.38. The standard InChI is InChI=1S/C13H20F5N3O3S/c1-25(23,24)21(8-13(16,17)18)9-2-4-20(5-3-9)11(22)10-6-12(14,15)7-19-10/h9-10,19H,2-8H2,1H3. The van der Waals surface area contributed by atoms with Gasteiger partial charge in [0.2, 0.25) is 15.9 Å². The predicted octanol–water partition coefficient (Wildman–Crippen LogP) is 0.798. The first kappa shape index (κ1) is 20.3. The molecule has 1 amide bonds. The van der Waals surface area contributed by atoms with Gasteiger partial charge in [0.25, 0.3) is 5.92 Å². The number of hydrogen-bond acceptors (Lipinski definition) is 4. The number of carbonyl (C=O) groups is 1. The summed E-state index contributed by atoms with van der Waals surface area (Å²) in [6.45, 7) is -2.12. The maximum absolute atomic E-state index is 13.2. The molecule has 2 rings (SSSR count). The number of hydrogen-bond donors (Lipinski definition) is 1. The maximum atomic E-state index is 13.2. The molecular formula is C13H20F5N3O3S. The van der Waals surface area contributed by atoms with Crippen LogP contribution in [0.2, 0.25) is 0 Å². The van der Waals surface area contributed by atoms with Crippen LogP contribution in [0, 0.1) is 0 Å². The van der Waals surface area contributed by atoms with Gasteiger partial charge in [0, 0.05) is 25.6 Å². The Morgan fingerprint density at radius 2 is 1.84 bits per heavy atom. The van der Waals surface area contributed by atoms with E-state index < -0.39 is 59.6 Å². The highest BCUT2D eigenvalue weighted by Gasteiger charge is 2.45. The molecule has 0 spiro atoms. The Morgan fingerprint density at radius 1 is 1.28 bits per heavy atom. The summed E-state index contributed by atoms with van der Waals surface area (Å²) in [6.07, 6.45) is -4.53. The summed E-state index contributed by atoms with van der Waals surface area (Å²) in [6, 6.07) is -1.90. The Bertz CT molecular complexity index is 603. The molecule has 0 bridgehead atoms. The minimum Gasteiger partial charge on any atom is -0.341 e. The first-order valence-electron chi connectivity index (χ1n) is 7.72. The molecule has 1 atom stereocenters. The summed E-state index contributed by atoms with van der Waals surface area (Å²) in [4.78, 5) is 13.5. The van der Waals surface area contributed by atoms with Crippen LogP contribution in [0.4, 0.5) is 22.0 Å². The van der Waals surface area contributed by atoms with Crippen LogP contribution < -0.4 is 5.32 Å².